The second-order valence-corrected chi connectivity index (χ2v) is 10.6. The van der Waals surface area contributed by atoms with Gasteiger partial charge >= 0.3 is 0 Å². The van der Waals surface area contributed by atoms with Crippen LogP contribution in [0.25, 0.3) is 0 Å². The van der Waals surface area contributed by atoms with E-state index >= 15 is 0 Å². The third-order valence-corrected chi connectivity index (χ3v) is 9.08. The van der Waals surface area contributed by atoms with Crippen molar-refractivity contribution in [2.45, 2.75) is 88.2 Å². The lowest BCUT2D eigenvalue weighted by Crippen LogP contribution is -2.60. The van der Waals surface area contributed by atoms with Crippen molar-refractivity contribution in [1.29, 1.82) is 0 Å². The lowest BCUT2D eigenvalue weighted by Gasteiger charge is -2.51. The van der Waals surface area contributed by atoms with Crippen molar-refractivity contribution < 1.29 is 39.7 Å². The molecular formula is C25H36O8. The lowest BCUT2D eigenvalue weighted by atomic mass is 9.55. The molecular weight excluding hydrogens is 428 g/mol. The zero-order valence-electron chi connectivity index (χ0n) is 19.3. The Morgan fingerprint density at radius 3 is 2.58 bits per heavy atom. The van der Waals surface area contributed by atoms with Gasteiger partial charge in [0, 0.05) is 0 Å². The molecule has 1 heterocycles. The van der Waals surface area contributed by atoms with Crippen molar-refractivity contribution in [3.63, 3.8) is 0 Å². The fourth-order valence-corrected chi connectivity index (χ4v) is 7.27. The van der Waals surface area contributed by atoms with Crippen molar-refractivity contribution in [3.05, 3.63) is 23.3 Å². The Morgan fingerprint density at radius 2 is 1.85 bits per heavy atom. The molecule has 184 valence electrons. The van der Waals surface area contributed by atoms with Gasteiger partial charge in [-0.25, -0.2) is 0 Å². The molecule has 1 saturated heterocycles. The van der Waals surface area contributed by atoms with E-state index in [4.69, 9.17) is 14.2 Å². The highest BCUT2D eigenvalue weighted by atomic mass is 16.7. The number of benzene rings is 1. The summed E-state index contributed by atoms with van der Waals surface area (Å²) in [5.41, 5.74) is 2.42. The molecule has 0 spiro atoms. The van der Waals surface area contributed by atoms with E-state index in [0.717, 1.165) is 38.5 Å². The van der Waals surface area contributed by atoms with Gasteiger partial charge in [-0.1, -0.05) is 6.92 Å². The van der Waals surface area contributed by atoms with Crippen LogP contribution in [0.15, 0.2) is 12.1 Å². The molecule has 1 unspecified atom stereocenters. The second-order valence-electron chi connectivity index (χ2n) is 10.6. The molecule has 5 rings (SSSR count). The number of aromatic hydroxyl groups is 1. The first kappa shape index (κ1) is 23.3. The minimum absolute atomic E-state index is 0.0848. The summed E-state index contributed by atoms with van der Waals surface area (Å²) in [6.07, 6.45) is -0.548. The molecule has 5 N–H and O–H groups in total. The maximum absolute atomic E-state index is 10.5. The van der Waals surface area contributed by atoms with Crippen LogP contribution in [0.4, 0.5) is 0 Å². The Hall–Kier alpha value is -1.42. The summed E-state index contributed by atoms with van der Waals surface area (Å²) in [5.74, 6) is 2.11. The molecule has 0 bridgehead atoms. The van der Waals surface area contributed by atoms with Gasteiger partial charge in [0.2, 0.25) is 0 Å². The van der Waals surface area contributed by atoms with Crippen LogP contribution in [-0.4, -0.2) is 76.1 Å². The summed E-state index contributed by atoms with van der Waals surface area (Å²) in [6.45, 7) is 1.81. The number of ether oxygens (including phenoxy) is 3. The zero-order valence-corrected chi connectivity index (χ0v) is 19.3. The van der Waals surface area contributed by atoms with Crippen molar-refractivity contribution >= 4 is 0 Å². The summed E-state index contributed by atoms with van der Waals surface area (Å²) < 4.78 is 17.3. The van der Waals surface area contributed by atoms with E-state index in [1.54, 1.807) is 7.11 Å². The highest BCUT2D eigenvalue weighted by Gasteiger charge is 2.57. The van der Waals surface area contributed by atoms with Crippen LogP contribution in [-0.2, 0) is 15.9 Å². The van der Waals surface area contributed by atoms with Crippen LogP contribution < -0.4 is 4.74 Å². The highest BCUT2D eigenvalue weighted by Crippen LogP contribution is 2.62. The fraction of sp³-hybridized carbons (Fsp3) is 0.760. The maximum atomic E-state index is 10.5. The van der Waals surface area contributed by atoms with Crippen molar-refractivity contribution in [1.82, 2.24) is 0 Å². The summed E-state index contributed by atoms with van der Waals surface area (Å²) in [6, 6.07) is 3.87. The van der Waals surface area contributed by atoms with Crippen LogP contribution in [0, 0.1) is 17.3 Å². The van der Waals surface area contributed by atoms with Gasteiger partial charge in [0.05, 0.1) is 19.8 Å². The quantitative estimate of drug-likeness (QED) is 0.453. The topological polar surface area (TPSA) is 129 Å². The summed E-state index contributed by atoms with van der Waals surface area (Å²) >= 11 is 0. The SMILES string of the molecule is COc1cc2c(cc1O)CC[C@@H]1[C@@H]2CC[C@]2(C)[C@@H](OC3O[C@@H](CO)[C@@H](O)[C@@H](O)[C@@H]3O)CC[C@@H]12. The number of aliphatic hydroxyl groups excluding tert-OH is 4. The van der Waals surface area contributed by atoms with Crippen LogP contribution in [0.1, 0.15) is 56.1 Å². The molecule has 8 heteroatoms. The highest BCUT2D eigenvalue weighted by molar-refractivity contribution is 5.49. The predicted octanol–water partition coefficient (Wildman–Crippen LogP) is 1.44. The number of phenolic OH excluding ortho intramolecular Hbond substituents is 1. The molecule has 10 atom stereocenters. The number of methoxy groups -OCH3 is 1. The first-order valence-corrected chi connectivity index (χ1v) is 12.1. The molecule has 1 aliphatic heterocycles. The van der Waals surface area contributed by atoms with E-state index in [1.165, 1.54) is 11.1 Å². The van der Waals surface area contributed by atoms with E-state index in [1.807, 2.05) is 12.1 Å². The second kappa shape index (κ2) is 8.66. The van der Waals surface area contributed by atoms with Gasteiger partial charge in [0.15, 0.2) is 17.8 Å². The molecule has 2 saturated carbocycles. The number of rotatable bonds is 4. The Kier molecular flexibility index (Phi) is 6.12. The van der Waals surface area contributed by atoms with Crippen molar-refractivity contribution in [3.8, 4) is 11.5 Å². The van der Waals surface area contributed by atoms with Crippen molar-refractivity contribution in [2.75, 3.05) is 13.7 Å². The number of hydrogen-bond acceptors (Lipinski definition) is 8. The van der Waals surface area contributed by atoms with Gasteiger partial charge in [-0.2, -0.15) is 0 Å². The first-order valence-electron chi connectivity index (χ1n) is 12.1. The van der Waals surface area contributed by atoms with Crippen LogP contribution in [0.2, 0.25) is 0 Å². The Labute approximate surface area is 194 Å². The number of phenols is 1. The largest absolute Gasteiger partial charge is 0.504 e. The first-order chi connectivity index (χ1) is 15.8. The monoisotopic (exact) mass is 464 g/mol. The van der Waals surface area contributed by atoms with E-state index < -0.39 is 37.3 Å². The number of aliphatic hydroxyl groups is 4. The van der Waals surface area contributed by atoms with Crippen LogP contribution in [0.5, 0.6) is 11.5 Å². The maximum Gasteiger partial charge on any atom is 0.186 e. The van der Waals surface area contributed by atoms with Gasteiger partial charge < -0.3 is 39.7 Å². The van der Waals surface area contributed by atoms with Gasteiger partial charge in [0.25, 0.3) is 0 Å². The van der Waals surface area contributed by atoms with Crippen LogP contribution in [0.3, 0.4) is 0 Å². The van der Waals surface area contributed by atoms with E-state index in [0.29, 0.717) is 23.5 Å². The number of hydrogen-bond donors (Lipinski definition) is 5. The standard InChI is InChI=1S/C25H36O8/c1-25-8-7-13-14(4-3-12-9-17(27)18(31-2)10-15(12)13)16(25)5-6-20(25)33-24-23(30)22(29)21(28)19(11-26)32-24/h9-10,13-14,16,19-24,26-30H,3-8,11H2,1-2H3/t13-,14+,16-,19-,20-,21+,22+,23-,24?,25-/m0/s1. The van der Waals surface area contributed by atoms with Gasteiger partial charge in [-0.15, -0.1) is 0 Å². The molecule has 4 aliphatic rings. The van der Waals surface area contributed by atoms with Crippen LogP contribution >= 0.6 is 0 Å². The molecule has 33 heavy (non-hydrogen) atoms. The minimum atomic E-state index is -1.43. The predicted molar refractivity (Wildman–Crippen MR) is 118 cm³/mol. The lowest BCUT2D eigenvalue weighted by molar-refractivity contribution is -0.319. The molecule has 0 amide bonds. The summed E-state index contributed by atoms with van der Waals surface area (Å²) in [4.78, 5) is 0. The molecule has 3 fully saturated rings. The van der Waals surface area contributed by atoms with Gasteiger partial charge in [-0.3, -0.25) is 0 Å². The Bertz CT molecular complexity index is 874. The van der Waals surface area contributed by atoms with E-state index in [-0.39, 0.29) is 17.3 Å². The molecule has 0 radical (unpaired) electrons. The summed E-state index contributed by atoms with van der Waals surface area (Å²) in [7, 11) is 1.58. The smallest absolute Gasteiger partial charge is 0.186 e. The molecule has 1 aromatic rings. The van der Waals surface area contributed by atoms with E-state index in [2.05, 4.69) is 6.92 Å². The van der Waals surface area contributed by atoms with Crippen molar-refractivity contribution in [2.24, 2.45) is 17.3 Å². The third-order valence-electron chi connectivity index (χ3n) is 9.08. The number of fused-ring (bicyclic) bond motifs is 5. The normalized spacial score (nSPS) is 44.6. The average molecular weight is 465 g/mol. The number of aryl methyl sites for hydroxylation is 1. The third kappa shape index (κ3) is 3.66. The molecule has 3 aliphatic carbocycles. The Balaban J connectivity index is 1.35. The molecule has 0 aromatic heterocycles. The average Bonchev–Trinajstić information content (AvgIpc) is 3.14. The van der Waals surface area contributed by atoms with Gasteiger partial charge in [-0.05, 0) is 85.0 Å². The zero-order chi connectivity index (χ0) is 23.5. The minimum Gasteiger partial charge on any atom is -0.504 e. The molecule has 1 aromatic carbocycles. The fourth-order valence-electron chi connectivity index (χ4n) is 7.27. The van der Waals surface area contributed by atoms with Gasteiger partial charge in [0.1, 0.15) is 24.4 Å². The Morgan fingerprint density at radius 1 is 1.06 bits per heavy atom. The van der Waals surface area contributed by atoms with E-state index in [9.17, 15) is 25.5 Å². The summed E-state index contributed by atoms with van der Waals surface area (Å²) in [5, 5.41) is 50.4. The molecule has 8 nitrogen and oxygen atoms in total.